The first-order valence-electron chi connectivity index (χ1n) is 7.38. The van der Waals surface area contributed by atoms with Gasteiger partial charge in [0.05, 0.1) is 4.99 Å². The first kappa shape index (κ1) is 15.7. The summed E-state index contributed by atoms with van der Waals surface area (Å²) >= 11 is 5.19. The van der Waals surface area contributed by atoms with E-state index in [9.17, 15) is 4.79 Å². The number of piperidine rings is 1. The average Bonchev–Trinajstić information content (AvgIpc) is 2.47. The van der Waals surface area contributed by atoms with Crippen molar-refractivity contribution in [2.24, 2.45) is 17.1 Å². The van der Waals surface area contributed by atoms with Crippen LogP contribution in [0.5, 0.6) is 0 Å². The number of carbonyl (C=O) groups is 1. The molecule has 1 unspecified atom stereocenters. The Morgan fingerprint density at radius 3 is 2.75 bits per heavy atom. The number of aliphatic hydroxyl groups is 1. The van der Waals surface area contributed by atoms with Gasteiger partial charge in [-0.2, -0.15) is 0 Å². The first-order valence-corrected chi connectivity index (χ1v) is 7.79. The molecule has 2 aliphatic heterocycles. The molecule has 2 saturated heterocycles. The third-order valence-electron chi connectivity index (χ3n) is 4.57. The molecule has 0 spiro atoms. The summed E-state index contributed by atoms with van der Waals surface area (Å²) in [4.78, 5) is 15.1. The highest BCUT2D eigenvalue weighted by Crippen LogP contribution is 2.35. The third kappa shape index (κ3) is 3.13. The molecule has 0 aromatic rings. The molecular formula is C14H24N2O3S. The van der Waals surface area contributed by atoms with Crippen LogP contribution < -0.4 is 5.73 Å². The van der Waals surface area contributed by atoms with Gasteiger partial charge in [0, 0.05) is 32.9 Å². The van der Waals surface area contributed by atoms with Crippen molar-refractivity contribution < 1.29 is 14.6 Å². The van der Waals surface area contributed by atoms with Gasteiger partial charge >= 0.3 is 0 Å². The van der Waals surface area contributed by atoms with Crippen LogP contribution in [0.15, 0.2) is 0 Å². The molecule has 2 heterocycles. The summed E-state index contributed by atoms with van der Waals surface area (Å²) < 4.78 is 5.35. The van der Waals surface area contributed by atoms with Crippen LogP contribution in [0.25, 0.3) is 0 Å². The largest absolute Gasteiger partial charge is 0.396 e. The molecule has 0 aromatic carbocycles. The van der Waals surface area contributed by atoms with E-state index in [0.717, 1.165) is 25.8 Å². The maximum atomic E-state index is 12.9. The van der Waals surface area contributed by atoms with Crippen LogP contribution in [0.2, 0.25) is 0 Å². The van der Waals surface area contributed by atoms with Crippen LogP contribution in [0.3, 0.4) is 0 Å². The Morgan fingerprint density at radius 1 is 1.45 bits per heavy atom. The molecule has 20 heavy (non-hydrogen) atoms. The molecule has 0 saturated carbocycles. The summed E-state index contributed by atoms with van der Waals surface area (Å²) in [5, 5.41) is 9.07. The Kier molecular flexibility index (Phi) is 5.35. The lowest BCUT2D eigenvalue weighted by molar-refractivity contribution is -0.144. The zero-order chi connectivity index (χ0) is 14.6. The summed E-state index contributed by atoms with van der Waals surface area (Å²) in [5.74, 6) is 0.455. The van der Waals surface area contributed by atoms with Crippen molar-refractivity contribution in [2.75, 3.05) is 32.9 Å². The predicted octanol–water partition coefficient (Wildman–Crippen LogP) is 0.690. The third-order valence-corrected chi connectivity index (χ3v) is 4.96. The molecule has 0 aromatic heterocycles. The summed E-state index contributed by atoms with van der Waals surface area (Å²) in [6.45, 7) is 2.74. The van der Waals surface area contributed by atoms with Crippen LogP contribution in [0, 0.1) is 11.3 Å². The zero-order valence-electron chi connectivity index (χ0n) is 11.8. The van der Waals surface area contributed by atoms with Crippen LogP contribution in [-0.4, -0.2) is 53.8 Å². The molecule has 0 aliphatic carbocycles. The van der Waals surface area contributed by atoms with Gasteiger partial charge in [-0.25, -0.2) is 0 Å². The van der Waals surface area contributed by atoms with Gasteiger partial charge in [0.2, 0.25) is 5.91 Å². The topological polar surface area (TPSA) is 75.8 Å². The maximum absolute atomic E-state index is 12.9. The van der Waals surface area contributed by atoms with Crippen molar-refractivity contribution in [3.05, 3.63) is 0 Å². The van der Waals surface area contributed by atoms with Gasteiger partial charge in [-0.1, -0.05) is 12.2 Å². The Bertz CT molecular complexity index is 367. The average molecular weight is 300 g/mol. The lowest BCUT2D eigenvalue weighted by Gasteiger charge is -2.41. The minimum atomic E-state index is -0.714. The normalized spacial score (nSPS) is 26.2. The number of likely N-dealkylation sites (tertiary alicyclic amines) is 1. The quantitative estimate of drug-likeness (QED) is 0.747. The Balaban J connectivity index is 2.09. The van der Waals surface area contributed by atoms with E-state index in [-0.39, 0.29) is 12.5 Å². The van der Waals surface area contributed by atoms with Gasteiger partial charge in [0.15, 0.2) is 0 Å². The number of hydrogen-bond donors (Lipinski definition) is 2. The van der Waals surface area contributed by atoms with Crippen molar-refractivity contribution in [2.45, 2.75) is 32.1 Å². The van der Waals surface area contributed by atoms with Crippen LogP contribution in [0.1, 0.15) is 32.1 Å². The molecule has 0 radical (unpaired) electrons. The van der Waals surface area contributed by atoms with E-state index in [0.29, 0.717) is 43.5 Å². The Morgan fingerprint density at radius 2 is 2.15 bits per heavy atom. The van der Waals surface area contributed by atoms with Crippen molar-refractivity contribution in [1.82, 2.24) is 4.90 Å². The van der Waals surface area contributed by atoms with E-state index in [1.807, 2.05) is 4.90 Å². The van der Waals surface area contributed by atoms with E-state index in [1.165, 1.54) is 0 Å². The zero-order valence-corrected chi connectivity index (χ0v) is 12.7. The van der Waals surface area contributed by atoms with Gasteiger partial charge < -0.3 is 20.5 Å². The number of carbonyl (C=O) groups excluding carboxylic acids is 1. The highest BCUT2D eigenvalue weighted by Gasteiger charge is 2.45. The molecule has 2 aliphatic rings. The fourth-order valence-corrected chi connectivity index (χ4v) is 3.55. The van der Waals surface area contributed by atoms with E-state index >= 15 is 0 Å². The first-order chi connectivity index (χ1) is 9.60. The minimum absolute atomic E-state index is 0.0657. The molecule has 2 fully saturated rings. The molecule has 3 N–H and O–H groups in total. The summed E-state index contributed by atoms with van der Waals surface area (Å²) in [6, 6.07) is 0. The lowest BCUT2D eigenvalue weighted by Crippen LogP contribution is -2.55. The van der Waals surface area contributed by atoms with Gasteiger partial charge in [0.1, 0.15) is 5.41 Å². The van der Waals surface area contributed by atoms with E-state index < -0.39 is 5.41 Å². The molecule has 6 heteroatoms. The highest BCUT2D eigenvalue weighted by molar-refractivity contribution is 7.80. The van der Waals surface area contributed by atoms with Crippen molar-refractivity contribution in [1.29, 1.82) is 0 Å². The number of rotatable bonds is 4. The summed E-state index contributed by atoms with van der Waals surface area (Å²) in [7, 11) is 0. The van der Waals surface area contributed by atoms with E-state index in [1.54, 1.807) is 0 Å². The molecule has 5 nitrogen and oxygen atoms in total. The number of amides is 1. The second-order valence-corrected chi connectivity index (χ2v) is 6.27. The summed E-state index contributed by atoms with van der Waals surface area (Å²) in [6.07, 6.45) is 3.99. The van der Waals surface area contributed by atoms with Crippen LogP contribution in [0.4, 0.5) is 0 Å². The molecule has 1 amide bonds. The number of hydrogen-bond acceptors (Lipinski definition) is 4. The second-order valence-electron chi connectivity index (χ2n) is 5.83. The molecule has 0 bridgehead atoms. The number of nitrogens with zero attached hydrogens (tertiary/aromatic N) is 1. The van der Waals surface area contributed by atoms with Crippen molar-refractivity contribution in [3.63, 3.8) is 0 Å². The lowest BCUT2D eigenvalue weighted by atomic mass is 9.78. The van der Waals surface area contributed by atoms with Gasteiger partial charge in [-0.15, -0.1) is 0 Å². The van der Waals surface area contributed by atoms with Crippen molar-refractivity contribution in [3.8, 4) is 0 Å². The fraction of sp³-hybridized carbons (Fsp3) is 0.857. The Labute approximate surface area is 125 Å². The molecule has 2 rings (SSSR count). The smallest absolute Gasteiger partial charge is 0.235 e. The van der Waals surface area contributed by atoms with Gasteiger partial charge in [0.25, 0.3) is 0 Å². The second kappa shape index (κ2) is 6.83. The van der Waals surface area contributed by atoms with E-state index in [4.69, 9.17) is 27.8 Å². The number of nitrogens with two attached hydrogens (primary N) is 1. The minimum Gasteiger partial charge on any atom is -0.396 e. The fourth-order valence-electron chi connectivity index (χ4n) is 3.26. The SMILES string of the molecule is NC(=S)C1(C(=O)N2CCCC(CCO)C2)CCOCC1. The summed E-state index contributed by atoms with van der Waals surface area (Å²) in [5.41, 5.74) is 5.18. The number of aliphatic hydroxyl groups excluding tert-OH is 1. The number of ether oxygens (including phenoxy) is 1. The van der Waals surface area contributed by atoms with Gasteiger partial charge in [-0.05, 0) is 38.0 Å². The Hall–Kier alpha value is -0.720. The molecule has 114 valence electrons. The van der Waals surface area contributed by atoms with Crippen LogP contribution in [-0.2, 0) is 9.53 Å². The van der Waals surface area contributed by atoms with Gasteiger partial charge in [-0.3, -0.25) is 4.79 Å². The molecule has 1 atom stereocenters. The predicted molar refractivity (Wildman–Crippen MR) is 80.3 cm³/mol. The van der Waals surface area contributed by atoms with Crippen molar-refractivity contribution >= 4 is 23.1 Å². The number of thiocarbonyl (C=S) groups is 1. The molecular weight excluding hydrogens is 276 g/mol. The monoisotopic (exact) mass is 300 g/mol. The maximum Gasteiger partial charge on any atom is 0.235 e. The van der Waals surface area contributed by atoms with Crippen LogP contribution >= 0.6 is 12.2 Å². The highest BCUT2D eigenvalue weighted by atomic mass is 32.1. The van der Waals surface area contributed by atoms with E-state index in [2.05, 4.69) is 0 Å². The standard InChI is InChI=1S/C14H24N2O3S/c15-12(20)14(4-8-19-9-5-14)13(18)16-6-1-2-11(10-16)3-7-17/h11,17H,1-10H2,(H2,15,20).